The van der Waals surface area contributed by atoms with Crippen LogP contribution in [-0.2, 0) is 11.3 Å². The van der Waals surface area contributed by atoms with Gasteiger partial charge in [-0.25, -0.2) is 0 Å². The van der Waals surface area contributed by atoms with Crippen LogP contribution in [0.3, 0.4) is 0 Å². The van der Waals surface area contributed by atoms with E-state index in [-0.39, 0.29) is 18.6 Å². The summed E-state index contributed by atoms with van der Waals surface area (Å²) in [4.78, 5) is 22.7. The number of aliphatic carboxylic acids is 1. The van der Waals surface area contributed by atoms with E-state index in [1.807, 2.05) is 24.3 Å². The first kappa shape index (κ1) is 14.3. The summed E-state index contributed by atoms with van der Waals surface area (Å²) in [6, 6.07) is 13.7. The lowest BCUT2D eigenvalue weighted by atomic mass is 10.0. The van der Waals surface area contributed by atoms with Crippen molar-refractivity contribution >= 4 is 33.6 Å². The number of hydrogen-bond donors (Lipinski definition) is 1. The average Bonchev–Trinajstić information content (AvgIpc) is 2.85. The highest BCUT2D eigenvalue weighted by Gasteiger charge is 2.13. The number of benzene rings is 2. The van der Waals surface area contributed by atoms with E-state index in [2.05, 4.69) is 23.6 Å². The van der Waals surface area contributed by atoms with Crippen LogP contribution in [0.1, 0.15) is 30.1 Å². The highest BCUT2D eigenvalue weighted by atomic mass is 16.4. The van der Waals surface area contributed by atoms with Gasteiger partial charge in [0.25, 0.3) is 0 Å². The normalized spacial score (nSPS) is 11.1. The number of para-hydroxylation sites is 1. The zero-order valence-electron chi connectivity index (χ0n) is 12.4. The molecule has 2 aromatic carbocycles. The number of fused-ring (bicyclic) bond motifs is 3. The lowest BCUT2D eigenvalue weighted by Crippen LogP contribution is -2.03. The van der Waals surface area contributed by atoms with Crippen LogP contribution >= 0.6 is 0 Å². The largest absolute Gasteiger partial charge is 0.481 e. The minimum Gasteiger partial charge on any atom is -0.481 e. The van der Waals surface area contributed by atoms with Crippen LogP contribution in [0.4, 0.5) is 0 Å². The van der Waals surface area contributed by atoms with Gasteiger partial charge in [0.2, 0.25) is 0 Å². The highest BCUT2D eigenvalue weighted by molar-refractivity contribution is 6.11. The summed E-state index contributed by atoms with van der Waals surface area (Å²) in [5.74, 6) is -1.07. The minimum atomic E-state index is -0.947. The molecule has 0 bridgehead atoms. The predicted molar refractivity (Wildman–Crippen MR) is 86.3 cm³/mol. The van der Waals surface area contributed by atoms with E-state index < -0.39 is 5.97 Å². The molecule has 0 radical (unpaired) electrons. The fraction of sp³-hybridized carbons (Fsp3) is 0.222. The third kappa shape index (κ3) is 2.37. The van der Waals surface area contributed by atoms with Crippen molar-refractivity contribution in [3.63, 3.8) is 0 Å². The number of aryl methyl sites for hydroxylation is 1. The summed E-state index contributed by atoms with van der Waals surface area (Å²) in [6.45, 7) is 2.95. The number of carbonyl (C=O) groups is 2. The number of carbonyl (C=O) groups excluding carboxylic acids is 1. The maximum atomic E-state index is 12.1. The number of hydrogen-bond acceptors (Lipinski definition) is 2. The predicted octanol–water partition coefficient (Wildman–Crippen LogP) is 3.86. The monoisotopic (exact) mass is 295 g/mol. The molecule has 0 amide bonds. The Bertz CT molecular complexity index is 877. The van der Waals surface area contributed by atoms with Crippen LogP contribution < -0.4 is 0 Å². The number of nitrogens with zero attached hydrogens (tertiary/aromatic N) is 1. The van der Waals surface area contributed by atoms with Crippen molar-refractivity contribution in [2.45, 2.75) is 26.3 Å². The molecule has 0 spiro atoms. The van der Waals surface area contributed by atoms with Crippen molar-refractivity contribution in [2.24, 2.45) is 0 Å². The van der Waals surface area contributed by atoms with E-state index >= 15 is 0 Å². The summed E-state index contributed by atoms with van der Waals surface area (Å²) in [7, 11) is 0. The fourth-order valence-corrected chi connectivity index (χ4v) is 2.93. The third-order valence-electron chi connectivity index (χ3n) is 3.98. The molecule has 4 nitrogen and oxygen atoms in total. The Hall–Kier alpha value is -2.62. The molecule has 4 heteroatoms. The van der Waals surface area contributed by atoms with Gasteiger partial charge in [0, 0.05) is 40.3 Å². The summed E-state index contributed by atoms with van der Waals surface area (Å²) >= 11 is 0. The zero-order valence-corrected chi connectivity index (χ0v) is 12.4. The molecule has 3 rings (SSSR count). The second-order valence-electron chi connectivity index (χ2n) is 5.31. The van der Waals surface area contributed by atoms with Crippen molar-refractivity contribution in [1.29, 1.82) is 0 Å². The van der Waals surface area contributed by atoms with Gasteiger partial charge in [0.05, 0.1) is 6.42 Å². The molecule has 3 aromatic rings. The van der Waals surface area contributed by atoms with Gasteiger partial charge in [0.15, 0.2) is 5.78 Å². The van der Waals surface area contributed by atoms with Gasteiger partial charge in [-0.2, -0.15) is 0 Å². The van der Waals surface area contributed by atoms with Crippen molar-refractivity contribution in [3.05, 3.63) is 48.0 Å². The number of carboxylic acid groups (broad SMARTS) is 1. The van der Waals surface area contributed by atoms with Crippen LogP contribution in [0, 0.1) is 0 Å². The molecule has 0 saturated carbocycles. The molecular formula is C18H17NO3. The van der Waals surface area contributed by atoms with Crippen molar-refractivity contribution in [3.8, 4) is 0 Å². The molecule has 0 aliphatic heterocycles. The zero-order chi connectivity index (χ0) is 15.7. The lowest BCUT2D eigenvalue weighted by molar-refractivity contribution is -0.136. The number of ketones is 1. The van der Waals surface area contributed by atoms with Crippen LogP contribution in [-0.4, -0.2) is 21.4 Å². The average molecular weight is 295 g/mol. The molecule has 1 heterocycles. The number of aromatic nitrogens is 1. The molecule has 22 heavy (non-hydrogen) atoms. The summed E-state index contributed by atoms with van der Waals surface area (Å²) < 4.78 is 2.22. The molecule has 1 aromatic heterocycles. The standard InChI is InChI=1S/C18H17NO3/c1-2-19-15-6-4-3-5-13(15)14-11-12(7-8-16(14)19)17(20)9-10-18(21)22/h3-8,11H,2,9-10H2,1H3,(H,21,22). The highest BCUT2D eigenvalue weighted by Crippen LogP contribution is 2.30. The van der Waals surface area contributed by atoms with E-state index in [4.69, 9.17) is 5.11 Å². The Balaban J connectivity index is 2.11. The first-order valence-electron chi connectivity index (χ1n) is 7.37. The molecule has 0 unspecified atom stereocenters. The quantitative estimate of drug-likeness (QED) is 0.727. The number of carboxylic acids is 1. The number of Topliss-reactive ketones (excluding diaryl/α,β-unsaturated/α-hetero) is 1. The van der Waals surface area contributed by atoms with E-state index in [0.717, 1.165) is 28.4 Å². The molecule has 0 aliphatic carbocycles. The van der Waals surface area contributed by atoms with Crippen LogP contribution in [0.25, 0.3) is 21.8 Å². The molecule has 0 fully saturated rings. The Morgan fingerprint density at radius 3 is 2.45 bits per heavy atom. The van der Waals surface area contributed by atoms with Gasteiger partial charge in [-0.15, -0.1) is 0 Å². The van der Waals surface area contributed by atoms with E-state index in [1.165, 1.54) is 0 Å². The molecule has 0 saturated heterocycles. The second kappa shape index (κ2) is 5.64. The van der Waals surface area contributed by atoms with E-state index in [0.29, 0.717) is 5.56 Å². The SMILES string of the molecule is CCn1c2ccccc2c2cc(C(=O)CCC(=O)O)ccc21. The number of rotatable bonds is 5. The van der Waals surface area contributed by atoms with Gasteiger partial charge in [-0.05, 0) is 31.2 Å². The molecule has 0 atom stereocenters. The first-order chi connectivity index (χ1) is 10.6. The van der Waals surface area contributed by atoms with Gasteiger partial charge >= 0.3 is 5.97 Å². The summed E-state index contributed by atoms with van der Waals surface area (Å²) in [5, 5.41) is 10.9. The van der Waals surface area contributed by atoms with Crippen molar-refractivity contribution in [2.75, 3.05) is 0 Å². The Kier molecular flexibility index (Phi) is 3.67. The maximum absolute atomic E-state index is 12.1. The topological polar surface area (TPSA) is 59.3 Å². The Labute approximate surface area is 128 Å². The molecular weight excluding hydrogens is 278 g/mol. The van der Waals surface area contributed by atoms with Crippen LogP contribution in [0.2, 0.25) is 0 Å². The Morgan fingerprint density at radius 1 is 1.00 bits per heavy atom. The summed E-state index contributed by atoms with van der Waals surface area (Å²) in [5.41, 5.74) is 2.82. The van der Waals surface area contributed by atoms with Crippen LogP contribution in [0.5, 0.6) is 0 Å². The summed E-state index contributed by atoms with van der Waals surface area (Å²) in [6.07, 6.45) is -0.0964. The smallest absolute Gasteiger partial charge is 0.303 e. The van der Waals surface area contributed by atoms with Gasteiger partial charge in [-0.1, -0.05) is 18.2 Å². The van der Waals surface area contributed by atoms with E-state index in [1.54, 1.807) is 6.07 Å². The van der Waals surface area contributed by atoms with Gasteiger partial charge in [0.1, 0.15) is 0 Å². The second-order valence-corrected chi connectivity index (χ2v) is 5.31. The van der Waals surface area contributed by atoms with Crippen molar-refractivity contribution in [1.82, 2.24) is 4.57 Å². The molecule has 112 valence electrons. The molecule has 1 N–H and O–H groups in total. The minimum absolute atomic E-state index is 0.0350. The third-order valence-corrected chi connectivity index (χ3v) is 3.98. The molecule has 0 aliphatic rings. The van der Waals surface area contributed by atoms with E-state index in [9.17, 15) is 9.59 Å². The van der Waals surface area contributed by atoms with Crippen molar-refractivity contribution < 1.29 is 14.7 Å². The Morgan fingerprint density at radius 2 is 1.73 bits per heavy atom. The van der Waals surface area contributed by atoms with Gasteiger partial charge < -0.3 is 9.67 Å². The van der Waals surface area contributed by atoms with Gasteiger partial charge in [-0.3, -0.25) is 9.59 Å². The lowest BCUT2D eigenvalue weighted by Gasteiger charge is -2.03. The fourth-order valence-electron chi connectivity index (χ4n) is 2.93. The van der Waals surface area contributed by atoms with Crippen LogP contribution in [0.15, 0.2) is 42.5 Å². The maximum Gasteiger partial charge on any atom is 0.303 e. The first-order valence-corrected chi connectivity index (χ1v) is 7.37.